The first-order valence-electron chi connectivity index (χ1n) is 4.65. The van der Waals surface area contributed by atoms with Crippen LogP contribution in [-0.2, 0) is 24.7 Å². The normalized spacial score (nSPS) is 15.5. The van der Waals surface area contributed by atoms with Crippen molar-refractivity contribution in [3.63, 3.8) is 0 Å². The number of carbonyl (C=O) groups is 1. The number of sulfonamides is 1. The number of nitrogens with one attached hydrogen (secondary N) is 1. The summed E-state index contributed by atoms with van der Waals surface area (Å²) in [6, 6.07) is -1.38. The lowest BCUT2D eigenvalue weighted by Gasteiger charge is -2.27. The molecule has 7 nitrogen and oxygen atoms in total. The van der Waals surface area contributed by atoms with Crippen LogP contribution in [-0.4, -0.2) is 45.3 Å². The molecule has 0 aromatic rings. The van der Waals surface area contributed by atoms with E-state index in [-0.39, 0.29) is 0 Å². The second kappa shape index (κ2) is 4.91. The number of hydrogen-bond donors (Lipinski definition) is 2. The summed E-state index contributed by atoms with van der Waals surface area (Å²) in [4.78, 5) is 10.9. The van der Waals surface area contributed by atoms with Gasteiger partial charge in [-0.25, -0.2) is 16.8 Å². The third-order valence-corrected chi connectivity index (χ3v) is 5.33. The van der Waals surface area contributed by atoms with Gasteiger partial charge in [0, 0.05) is 6.26 Å². The summed E-state index contributed by atoms with van der Waals surface area (Å²) < 4.78 is 46.6. The summed E-state index contributed by atoms with van der Waals surface area (Å²) in [5.41, 5.74) is -0.865. The van der Waals surface area contributed by atoms with Crippen LogP contribution in [0.1, 0.15) is 20.8 Å². The standard InChI is InChI=1S/C8H17NO6S2/c1-8(2,3)6(7(10)11)9-17(14,15)5-16(4,12)13/h6,9H,5H2,1-4H3,(H,10,11)/t6-/m1/s1. The Morgan fingerprint density at radius 3 is 1.88 bits per heavy atom. The Morgan fingerprint density at radius 1 is 1.24 bits per heavy atom. The van der Waals surface area contributed by atoms with E-state index < -0.39 is 42.4 Å². The van der Waals surface area contributed by atoms with Gasteiger partial charge >= 0.3 is 5.97 Å². The van der Waals surface area contributed by atoms with Crippen LogP contribution >= 0.6 is 0 Å². The first-order chi connectivity index (χ1) is 7.25. The summed E-state index contributed by atoms with van der Waals surface area (Å²) in [5, 5.41) is 7.77. The third-order valence-electron chi connectivity index (χ3n) is 1.78. The van der Waals surface area contributed by atoms with Crippen molar-refractivity contribution in [1.29, 1.82) is 0 Å². The fraction of sp³-hybridized carbons (Fsp3) is 0.875. The van der Waals surface area contributed by atoms with Gasteiger partial charge in [0.25, 0.3) is 0 Å². The zero-order valence-corrected chi connectivity index (χ0v) is 11.7. The van der Waals surface area contributed by atoms with Crippen molar-refractivity contribution in [2.24, 2.45) is 5.41 Å². The Balaban J connectivity index is 5.10. The average molecular weight is 287 g/mol. The van der Waals surface area contributed by atoms with Crippen LogP contribution in [0.25, 0.3) is 0 Å². The summed E-state index contributed by atoms with van der Waals surface area (Å²) in [5.74, 6) is -1.35. The van der Waals surface area contributed by atoms with Crippen molar-refractivity contribution >= 4 is 25.8 Å². The number of sulfone groups is 1. The van der Waals surface area contributed by atoms with Crippen LogP contribution in [0.4, 0.5) is 0 Å². The molecule has 0 fully saturated rings. The Bertz CT molecular complexity index is 485. The summed E-state index contributed by atoms with van der Waals surface area (Å²) in [6.07, 6.45) is 0.763. The Morgan fingerprint density at radius 2 is 1.65 bits per heavy atom. The molecular weight excluding hydrogens is 270 g/mol. The highest BCUT2D eigenvalue weighted by Crippen LogP contribution is 2.20. The lowest BCUT2D eigenvalue weighted by Crippen LogP contribution is -2.50. The van der Waals surface area contributed by atoms with Crippen molar-refractivity contribution < 1.29 is 26.7 Å². The molecule has 0 aliphatic heterocycles. The van der Waals surface area contributed by atoms with Gasteiger partial charge in [0.05, 0.1) is 0 Å². The van der Waals surface area contributed by atoms with Crippen LogP contribution in [0.15, 0.2) is 0 Å². The van der Waals surface area contributed by atoms with E-state index in [0.717, 1.165) is 6.26 Å². The molecular formula is C8H17NO6S2. The molecule has 0 spiro atoms. The maximum Gasteiger partial charge on any atom is 0.322 e. The molecule has 0 saturated heterocycles. The average Bonchev–Trinajstić information content (AvgIpc) is 1.92. The van der Waals surface area contributed by atoms with Gasteiger partial charge in [-0.2, -0.15) is 4.72 Å². The molecule has 0 unspecified atom stereocenters. The Kier molecular flexibility index (Phi) is 4.71. The minimum Gasteiger partial charge on any atom is -0.480 e. The highest BCUT2D eigenvalue weighted by molar-refractivity contribution is 8.06. The van der Waals surface area contributed by atoms with E-state index in [1.165, 1.54) is 20.8 Å². The predicted molar refractivity (Wildman–Crippen MR) is 62.6 cm³/mol. The Labute approximate surface area is 101 Å². The molecule has 9 heteroatoms. The second-order valence-electron chi connectivity index (χ2n) is 4.91. The van der Waals surface area contributed by atoms with E-state index in [4.69, 9.17) is 5.11 Å². The second-order valence-corrected chi connectivity index (χ2v) is 9.17. The molecule has 0 saturated carbocycles. The minimum absolute atomic E-state index is 0.763. The van der Waals surface area contributed by atoms with E-state index in [2.05, 4.69) is 0 Å². The van der Waals surface area contributed by atoms with E-state index in [1.807, 2.05) is 4.72 Å². The molecule has 0 heterocycles. The highest BCUT2D eigenvalue weighted by atomic mass is 32.3. The fourth-order valence-electron chi connectivity index (χ4n) is 1.09. The van der Waals surface area contributed by atoms with Crippen molar-refractivity contribution in [3.8, 4) is 0 Å². The maximum atomic E-state index is 11.5. The minimum atomic E-state index is -4.19. The quantitative estimate of drug-likeness (QED) is 0.697. The molecule has 0 rings (SSSR count). The molecule has 0 aliphatic rings. The molecule has 1 atom stereocenters. The lowest BCUT2D eigenvalue weighted by atomic mass is 9.88. The van der Waals surface area contributed by atoms with Crippen LogP contribution < -0.4 is 4.72 Å². The molecule has 0 aromatic carbocycles. The highest BCUT2D eigenvalue weighted by Gasteiger charge is 2.35. The van der Waals surface area contributed by atoms with Crippen molar-refractivity contribution in [1.82, 2.24) is 4.72 Å². The van der Waals surface area contributed by atoms with Crippen LogP contribution in [0.2, 0.25) is 0 Å². The lowest BCUT2D eigenvalue weighted by molar-refractivity contribution is -0.141. The monoisotopic (exact) mass is 287 g/mol. The third kappa shape index (κ3) is 6.59. The van der Waals surface area contributed by atoms with Crippen LogP contribution in [0.5, 0.6) is 0 Å². The van der Waals surface area contributed by atoms with Gasteiger partial charge in [0.2, 0.25) is 10.0 Å². The summed E-state index contributed by atoms with van der Waals surface area (Å²) in [7, 11) is -7.93. The van der Waals surface area contributed by atoms with Gasteiger partial charge in [0.1, 0.15) is 6.04 Å². The predicted octanol–water partition coefficient (Wildman–Crippen LogP) is -0.593. The smallest absolute Gasteiger partial charge is 0.322 e. The molecule has 0 radical (unpaired) electrons. The molecule has 0 aromatic heterocycles. The first-order valence-corrected chi connectivity index (χ1v) is 8.36. The van der Waals surface area contributed by atoms with Gasteiger partial charge in [-0.3, -0.25) is 4.79 Å². The number of rotatable bonds is 5. The molecule has 2 N–H and O–H groups in total. The van der Waals surface area contributed by atoms with Gasteiger partial charge in [-0.1, -0.05) is 20.8 Å². The first kappa shape index (κ1) is 16.3. The van der Waals surface area contributed by atoms with E-state index in [9.17, 15) is 21.6 Å². The fourth-order valence-corrected chi connectivity index (χ4v) is 4.43. The largest absolute Gasteiger partial charge is 0.480 e. The molecule has 0 bridgehead atoms. The van der Waals surface area contributed by atoms with Gasteiger partial charge in [-0.05, 0) is 5.41 Å². The number of hydrogen-bond acceptors (Lipinski definition) is 5. The van der Waals surface area contributed by atoms with Crippen LogP contribution in [0.3, 0.4) is 0 Å². The van der Waals surface area contributed by atoms with E-state index in [0.29, 0.717) is 0 Å². The zero-order chi connectivity index (χ0) is 14.1. The van der Waals surface area contributed by atoms with E-state index >= 15 is 0 Å². The van der Waals surface area contributed by atoms with Crippen molar-refractivity contribution in [2.45, 2.75) is 26.8 Å². The maximum absolute atomic E-state index is 11.5. The molecule has 17 heavy (non-hydrogen) atoms. The summed E-state index contributed by atoms with van der Waals surface area (Å²) in [6.45, 7) is 4.61. The van der Waals surface area contributed by atoms with Gasteiger partial charge in [0.15, 0.2) is 14.9 Å². The van der Waals surface area contributed by atoms with Crippen LogP contribution in [0, 0.1) is 5.41 Å². The van der Waals surface area contributed by atoms with Crippen molar-refractivity contribution in [2.75, 3.05) is 11.3 Å². The molecule has 102 valence electrons. The molecule has 0 amide bonds. The Hall–Kier alpha value is -0.670. The SMILES string of the molecule is CC(C)(C)[C@H](NS(=O)(=O)CS(C)(=O)=O)C(=O)O. The zero-order valence-electron chi connectivity index (χ0n) is 10.1. The number of carboxylic acids is 1. The number of carboxylic acid groups (broad SMARTS) is 1. The molecule has 0 aliphatic carbocycles. The van der Waals surface area contributed by atoms with Gasteiger partial charge < -0.3 is 5.11 Å². The van der Waals surface area contributed by atoms with Crippen molar-refractivity contribution in [3.05, 3.63) is 0 Å². The number of aliphatic carboxylic acids is 1. The topological polar surface area (TPSA) is 118 Å². The van der Waals surface area contributed by atoms with E-state index in [1.54, 1.807) is 0 Å². The summed E-state index contributed by atoms with van der Waals surface area (Å²) >= 11 is 0. The van der Waals surface area contributed by atoms with Gasteiger partial charge in [-0.15, -0.1) is 0 Å².